The van der Waals surface area contributed by atoms with E-state index in [-0.39, 0.29) is 0 Å². The molecular weight excluding hydrogens is 216 g/mol. The van der Waals surface area contributed by atoms with Crippen LogP contribution in [0, 0.1) is 0 Å². The van der Waals surface area contributed by atoms with Crippen molar-refractivity contribution in [1.82, 2.24) is 10.2 Å². The Kier molecular flexibility index (Phi) is 4.57. The van der Waals surface area contributed by atoms with Gasteiger partial charge >= 0.3 is 0 Å². The lowest BCUT2D eigenvalue weighted by molar-refractivity contribution is 0.315. The maximum Gasteiger partial charge on any atom is 0.0281 e. The lowest BCUT2D eigenvalue weighted by atomic mass is 9.84. The second-order valence-corrected chi connectivity index (χ2v) is 6.83. The number of nitrogens with one attached hydrogen (secondary N) is 1. The number of likely N-dealkylation sites (tertiary alicyclic amines) is 1. The van der Waals surface area contributed by atoms with Crippen LogP contribution in [0.1, 0.15) is 38.5 Å². The van der Waals surface area contributed by atoms with E-state index >= 15 is 0 Å². The number of hydrogen-bond acceptors (Lipinski definition) is 3. The molecule has 0 bridgehead atoms. The monoisotopic (exact) mass is 242 g/mol. The molecule has 3 heteroatoms. The van der Waals surface area contributed by atoms with E-state index in [4.69, 9.17) is 0 Å². The number of nitrogens with zero attached hydrogens (tertiary/aromatic N) is 1. The van der Waals surface area contributed by atoms with Gasteiger partial charge in [0.05, 0.1) is 0 Å². The summed E-state index contributed by atoms with van der Waals surface area (Å²) in [5.41, 5.74) is 0. The summed E-state index contributed by atoms with van der Waals surface area (Å²) in [4.78, 5) is 2.47. The minimum atomic E-state index is 0.595. The predicted octanol–water partition coefficient (Wildman–Crippen LogP) is 2.35. The van der Waals surface area contributed by atoms with Crippen molar-refractivity contribution in [3.63, 3.8) is 0 Å². The molecule has 0 aromatic rings. The zero-order valence-corrected chi connectivity index (χ0v) is 11.6. The molecule has 2 aliphatic rings. The van der Waals surface area contributed by atoms with Gasteiger partial charge in [-0.05, 0) is 58.5 Å². The molecule has 0 radical (unpaired) electrons. The van der Waals surface area contributed by atoms with E-state index in [0.29, 0.717) is 4.75 Å². The number of hydrogen-bond donors (Lipinski definition) is 1. The van der Waals surface area contributed by atoms with Gasteiger partial charge in [0.1, 0.15) is 0 Å². The van der Waals surface area contributed by atoms with Crippen molar-refractivity contribution in [2.24, 2.45) is 0 Å². The lowest BCUT2D eigenvalue weighted by Crippen LogP contribution is -2.46. The standard InChI is InChI=1S/C13H26N2S/c1-15-9-3-5-12(6-10-15)14-11-13(16-2)7-4-8-13/h12,14H,3-11H2,1-2H3. The third kappa shape index (κ3) is 3.14. The summed E-state index contributed by atoms with van der Waals surface area (Å²) in [6.07, 6.45) is 10.6. The predicted molar refractivity (Wildman–Crippen MR) is 73.2 cm³/mol. The molecule has 1 saturated heterocycles. The van der Waals surface area contributed by atoms with Gasteiger partial charge in [-0.15, -0.1) is 0 Å². The van der Waals surface area contributed by atoms with Gasteiger partial charge in [-0.2, -0.15) is 11.8 Å². The number of rotatable bonds is 4. The van der Waals surface area contributed by atoms with Gasteiger partial charge in [0.25, 0.3) is 0 Å². The molecule has 94 valence electrons. The maximum atomic E-state index is 3.83. The molecule has 0 spiro atoms. The fourth-order valence-electron chi connectivity index (χ4n) is 2.80. The van der Waals surface area contributed by atoms with E-state index in [0.717, 1.165) is 6.04 Å². The van der Waals surface area contributed by atoms with Crippen LogP contribution in [0.25, 0.3) is 0 Å². The van der Waals surface area contributed by atoms with Crippen LogP contribution in [0.4, 0.5) is 0 Å². The summed E-state index contributed by atoms with van der Waals surface area (Å²) in [6, 6.07) is 0.773. The first-order chi connectivity index (χ1) is 7.74. The van der Waals surface area contributed by atoms with E-state index in [2.05, 4.69) is 35.3 Å². The third-order valence-corrected chi connectivity index (χ3v) is 5.78. The molecule has 0 amide bonds. The van der Waals surface area contributed by atoms with E-state index in [9.17, 15) is 0 Å². The third-order valence-electron chi connectivity index (χ3n) is 4.36. The molecule has 2 fully saturated rings. The largest absolute Gasteiger partial charge is 0.313 e. The molecule has 1 aliphatic carbocycles. The van der Waals surface area contributed by atoms with Crippen LogP contribution in [-0.2, 0) is 0 Å². The number of thioether (sulfide) groups is 1. The molecule has 1 N–H and O–H groups in total. The Labute approximate surface area is 105 Å². The summed E-state index contributed by atoms with van der Waals surface area (Å²) in [6.45, 7) is 3.79. The molecule has 1 unspecified atom stereocenters. The Bertz CT molecular complexity index is 210. The minimum absolute atomic E-state index is 0.595. The Balaban J connectivity index is 1.72. The van der Waals surface area contributed by atoms with Crippen molar-refractivity contribution in [3.8, 4) is 0 Å². The van der Waals surface area contributed by atoms with Crippen LogP contribution in [-0.4, -0.2) is 48.6 Å². The van der Waals surface area contributed by atoms with Crippen LogP contribution >= 0.6 is 11.8 Å². The molecule has 2 rings (SSSR count). The van der Waals surface area contributed by atoms with Gasteiger partial charge in [-0.3, -0.25) is 0 Å². The van der Waals surface area contributed by atoms with Gasteiger partial charge in [0.15, 0.2) is 0 Å². The maximum absolute atomic E-state index is 3.83. The first-order valence-corrected chi connectivity index (χ1v) is 7.94. The minimum Gasteiger partial charge on any atom is -0.313 e. The molecule has 1 saturated carbocycles. The highest BCUT2D eigenvalue weighted by molar-refractivity contribution is 8.00. The Morgan fingerprint density at radius 1 is 1.25 bits per heavy atom. The average Bonchev–Trinajstić information content (AvgIpc) is 2.43. The molecule has 2 nitrogen and oxygen atoms in total. The van der Waals surface area contributed by atoms with Crippen LogP contribution in [0.5, 0.6) is 0 Å². The topological polar surface area (TPSA) is 15.3 Å². The van der Waals surface area contributed by atoms with Crippen molar-refractivity contribution < 1.29 is 0 Å². The lowest BCUT2D eigenvalue weighted by Gasteiger charge is -2.41. The summed E-state index contributed by atoms with van der Waals surface area (Å²) < 4.78 is 0.595. The van der Waals surface area contributed by atoms with Crippen LogP contribution in [0.3, 0.4) is 0 Å². The molecular formula is C13H26N2S. The quantitative estimate of drug-likeness (QED) is 0.815. The van der Waals surface area contributed by atoms with Crippen molar-refractivity contribution >= 4 is 11.8 Å². The molecule has 16 heavy (non-hydrogen) atoms. The molecule has 0 aromatic carbocycles. The van der Waals surface area contributed by atoms with Gasteiger partial charge in [-0.25, -0.2) is 0 Å². The van der Waals surface area contributed by atoms with Crippen LogP contribution < -0.4 is 5.32 Å². The van der Waals surface area contributed by atoms with Crippen molar-refractivity contribution in [1.29, 1.82) is 0 Å². The van der Waals surface area contributed by atoms with E-state index in [1.807, 2.05) is 0 Å². The highest BCUT2D eigenvalue weighted by Crippen LogP contribution is 2.42. The zero-order valence-electron chi connectivity index (χ0n) is 10.8. The first-order valence-electron chi connectivity index (χ1n) is 6.71. The normalized spacial score (nSPS) is 30.8. The van der Waals surface area contributed by atoms with E-state index < -0.39 is 0 Å². The highest BCUT2D eigenvalue weighted by atomic mass is 32.2. The first kappa shape index (κ1) is 12.7. The summed E-state index contributed by atoms with van der Waals surface area (Å²) in [5, 5.41) is 3.83. The smallest absolute Gasteiger partial charge is 0.0281 e. The molecule has 0 aromatic heterocycles. The van der Waals surface area contributed by atoms with Gasteiger partial charge in [-0.1, -0.05) is 6.42 Å². The molecule has 1 aliphatic heterocycles. The van der Waals surface area contributed by atoms with Crippen molar-refractivity contribution in [2.45, 2.75) is 49.3 Å². The molecule has 1 atom stereocenters. The second-order valence-electron chi connectivity index (χ2n) is 5.55. The van der Waals surface area contributed by atoms with Gasteiger partial charge < -0.3 is 10.2 Å². The van der Waals surface area contributed by atoms with Crippen molar-refractivity contribution in [2.75, 3.05) is 32.9 Å². The van der Waals surface area contributed by atoms with E-state index in [1.54, 1.807) is 0 Å². The summed E-state index contributed by atoms with van der Waals surface area (Å²) >= 11 is 2.08. The van der Waals surface area contributed by atoms with Crippen LogP contribution in [0.15, 0.2) is 0 Å². The SMILES string of the molecule is CSC1(CNC2CCCN(C)CC2)CCC1. The van der Waals surface area contributed by atoms with E-state index in [1.165, 1.54) is 58.2 Å². The average molecular weight is 242 g/mol. The summed E-state index contributed by atoms with van der Waals surface area (Å²) in [5.74, 6) is 0. The molecule has 1 heterocycles. The van der Waals surface area contributed by atoms with Gasteiger partial charge in [0, 0.05) is 17.3 Å². The highest BCUT2D eigenvalue weighted by Gasteiger charge is 2.36. The fraction of sp³-hybridized carbons (Fsp3) is 1.00. The second kappa shape index (κ2) is 5.74. The van der Waals surface area contributed by atoms with Crippen molar-refractivity contribution in [3.05, 3.63) is 0 Å². The Hall–Kier alpha value is 0.270. The Morgan fingerprint density at radius 3 is 2.69 bits per heavy atom. The van der Waals surface area contributed by atoms with Crippen LogP contribution in [0.2, 0.25) is 0 Å². The summed E-state index contributed by atoms with van der Waals surface area (Å²) in [7, 11) is 2.25. The zero-order chi connectivity index (χ0) is 11.4. The Morgan fingerprint density at radius 2 is 2.06 bits per heavy atom. The fourth-order valence-corrected chi connectivity index (χ4v) is 3.72. The van der Waals surface area contributed by atoms with Gasteiger partial charge in [0.2, 0.25) is 0 Å².